The lowest BCUT2D eigenvalue weighted by atomic mass is 10.0. The Hall–Kier alpha value is -3.34. The zero-order valence-electron chi connectivity index (χ0n) is 16.9. The minimum atomic E-state index is -0.248. The third-order valence-corrected chi connectivity index (χ3v) is 4.44. The maximum atomic E-state index is 12.5. The van der Waals surface area contributed by atoms with Crippen molar-refractivity contribution in [3.63, 3.8) is 0 Å². The molecule has 0 aliphatic rings. The van der Waals surface area contributed by atoms with Gasteiger partial charge in [-0.2, -0.15) is 5.10 Å². The Bertz CT molecular complexity index is 993. The van der Waals surface area contributed by atoms with E-state index >= 15 is 0 Å². The van der Waals surface area contributed by atoms with Crippen molar-refractivity contribution in [2.24, 2.45) is 5.10 Å². The molecule has 0 radical (unpaired) electrons. The van der Waals surface area contributed by atoms with Gasteiger partial charge in [-0.3, -0.25) is 4.79 Å². The highest BCUT2D eigenvalue weighted by molar-refractivity contribution is 6.07. The van der Waals surface area contributed by atoms with Gasteiger partial charge in [-0.15, -0.1) is 0 Å². The minimum Gasteiger partial charge on any atom is -0.490 e. The highest BCUT2D eigenvalue weighted by atomic mass is 16.5. The van der Waals surface area contributed by atoms with E-state index in [2.05, 4.69) is 17.5 Å². The summed E-state index contributed by atoms with van der Waals surface area (Å²) in [7, 11) is 0. The van der Waals surface area contributed by atoms with Crippen molar-refractivity contribution in [2.75, 3.05) is 13.2 Å². The van der Waals surface area contributed by atoms with Gasteiger partial charge in [0.05, 0.1) is 19.4 Å². The molecule has 150 valence electrons. The molecule has 0 atom stereocenters. The first kappa shape index (κ1) is 20.4. The second kappa shape index (κ2) is 10.3. The topological polar surface area (TPSA) is 59.9 Å². The van der Waals surface area contributed by atoms with Crippen LogP contribution in [-0.2, 0) is 0 Å². The van der Waals surface area contributed by atoms with Crippen LogP contribution in [0.1, 0.15) is 42.6 Å². The standard InChI is InChI=1S/C24H26N2O3/c1-3-5-15-29-22-14-13-18(16-23(22)28-4-2)17-25-26-24(27)21-12-8-10-19-9-6-7-11-20(19)21/h6-14,16-17H,3-5,15H2,1-2H3,(H,26,27)/b25-17+. The number of unbranched alkanes of at least 4 members (excludes halogenated alkanes) is 1. The molecule has 0 aliphatic heterocycles. The van der Waals surface area contributed by atoms with Crippen LogP contribution in [0.5, 0.6) is 11.5 Å². The quantitative estimate of drug-likeness (QED) is 0.311. The van der Waals surface area contributed by atoms with Gasteiger partial charge in [0.2, 0.25) is 0 Å². The summed E-state index contributed by atoms with van der Waals surface area (Å²) in [5.41, 5.74) is 4.01. The van der Waals surface area contributed by atoms with E-state index in [4.69, 9.17) is 9.47 Å². The fourth-order valence-electron chi connectivity index (χ4n) is 2.97. The normalized spacial score (nSPS) is 11.0. The molecule has 0 saturated heterocycles. The van der Waals surface area contributed by atoms with Crippen molar-refractivity contribution in [1.29, 1.82) is 0 Å². The number of hydrogen-bond donors (Lipinski definition) is 1. The predicted octanol–water partition coefficient (Wildman–Crippen LogP) is 5.18. The number of hydrogen-bond acceptors (Lipinski definition) is 4. The van der Waals surface area contributed by atoms with Crippen LogP contribution in [0.4, 0.5) is 0 Å². The molecule has 1 amide bonds. The smallest absolute Gasteiger partial charge is 0.271 e. The van der Waals surface area contributed by atoms with E-state index in [1.807, 2.05) is 61.5 Å². The van der Waals surface area contributed by atoms with Gasteiger partial charge in [-0.1, -0.05) is 49.7 Å². The fourth-order valence-corrected chi connectivity index (χ4v) is 2.97. The Kier molecular flexibility index (Phi) is 7.22. The van der Waals surface area contributed by atoms with E-state index in [0.29, 0.717) is 24.5 Å². The Balaban J connectivity index is 1.70. The largest absolute Gasteiger partial charge is 0.490 e. The van der Waals surface area contributed by atoms with Gasteiger partial charge in [0.15, 0.2) is 11.5 Å². The summed E-state index contributed by atoms with van der Waals surface area (Å²) in [6.45, 7) is 5.26. The molecule has 5 heteroatoms. The average Bonchev–Trinajstić information content (AvgIpc) is 2.75. The number of fused-ring (bicyclic) bond motifs is 1. The summed E-state index contributed by atoms with van der Waals surface area (Å²) in [6, 6.07) is 19.0. The molecule has 0 fully saturated rings. The Morgan fingerprint density at radius 1 is 1.00 bits per heavy atom. The van der Waals surface area contributed by atoms with Gasteiger partial charge in [-0.05, 0) is 53.9 Å². The maximum Gasteiger partial charge on any atom is 0.271 e. The maximum absolute atomic E-state index is 12.5. The first-order valence-electron chi connectivity index (χ1n) is 9.93. The fraction of sp³-hybridized carbons (Fsp3) is 0.250. The lowest BCUT2D eigenvalue weighted by Gasteiger charge is -2.12. The number of carbonyl (C=O) groups excluding carboxylic acids is 1. The zero-order valence-corrected chi connectivity index (χ0v) is 16.9. The molecular formula is C24H26N2O3. The summed E-state index contributed by atoms with van der Waals surface area (Å²) in [4.78, 5) is 12.5. The van der Waals surface area contributed by atoms with Crippen molar-refractivity contribution in [3.05, 3.63) is 71.8 Å². The number of hydrazone groups is 1. The number of nitrogens with zero attached hydrogens (tertiary/aromatic N) is 1. The Morgan fingerprint density at radius 2 is 1.83 bits per heavy atom. The number of ether oxygens (including phenoxy) is 2. The van der Waals surface area contributed by atoms with Crippen LogP contribution in [0.25, 0.3) is 10.8 Å². The number of rotatable bonds is 9. The van der Waals surface area contributed by atoms with E-state index in [0.717, 1.165) is 34.9 Å². The van der Waals surface area contributed by atoms with Crippen molar-refractivity contribution in [3.8, 4) is 11.5 Å². The third kappa shape index (κ3) is 5.35. The SMILES string of the molecule is CCCCOc1ccc(/C=N/NC(=O)c2cccc3ccccc23)cc1OCC. The molecule has 29 heavy (non-hydrogen) atoms. The predicted molar refractivity (Wildman–Crippen MR) is 117 cm³/mol. The first-order chi connectivity index (χ1) is 14.2. The van der Waals surface area contributed by atoms with Crippen LogP contribution in [-0.4, -0.2) is 25.3 Å². The van der Waals surface area contributed by atoms with Crippen LogP contribution in [0, 0.1) is 0 Å². The van der Waals surface area contributed by atoms with E-state index in [-0.39, 0.29) is 5.91 Å². The van der Waals surface area contributed by atoms with Crippen LogP contribution in [0.15, 0.2) is 65.8 Å². The molecule has 0 spiro atoms. The molecule has 0 bridgehead atoms. The molecule has 0 saturated carbocycles. The summed E-state index contributed by atoms with van der Waals surface area (Å²) in [5, 5.41) is 6.03. The molecular weight excluding hydrogens is 364 g/mol. The van der Waals surface area contributed by atoms with E-state index in [9.17, 15) is 4.79 Å². The highest BCUT2D eigenvalue weighted by Crippen LogP contribution is 2.28. The van der Waals surface area contributed by atoms with Gasteiger partial charge in [0.1, 0.15) is 0 Å². The molecule has 0 unspecified atom stereocenters. The summed E-state index contributed by atoms with van der Waals surface area (Å²) in [5.74, 6) is 1.15. The lowest BCUT2D eigenvalue weighted by molar-refractivity contribution is 0.0957. The van der Waals surface area contributed by atoms with Gasteiger partial charge in [0.25, 0.3) is 5.91 Å². The number of carbonyl (C=O) groups is 1. The number of nitrogens with one attached hydrogen (secondary N) is 1. The molecule has 3 aromatic rings. The minimum absolute atomic E-state index is 0.248. The molecule has 0 aromatic heterocycles. The molecule has 3 aromatic carbocycles. The number of amides is 1. The summed E-state index contributed by atoms with van der Waals surface area (Å²) < 4.78 is 11.5. The van der Waals surface area contributed by atoms with Crippen LogP contribution >= 0.6 is 0 Å². The second-order valence-electron chi connectivity index (χ2n) is 6.57. The third-order valence-electron chi connectivity index (χ3n) is 4.44. The van der Waals surface area contributed by atoms with E-state index in [1.54, 1.807) is 12.3 Å². The van der Waals surface area contributed by atoms with Gasteiger partial charge in [-0.25, -0.2) is 5.43 Å². The van der Waals surface area contributed by atoms with Crippen LogP contribution in [0.2, 0.25) is 0 Å². The van der Waals surface area contributed by atoms with E-state index in [1.165, 1.54) is 0 Å². The van der Waals surface area contributed by atoms with Crippen molar-refractivity contribution in [1.82, 2.24) is 5.43 Å². The second-order valence-corrected chi connectivity index (χ2v) is 6.57. The molecule has 0 aliphatic carbocycles. The van der Waals surface area contributed by atoms with Gasteiger partial charge < -0.3 is 9.47 Å². The lowest BCUT2D eigenvalue weighted by Crippen LogP contribution is -2.17. The van der Waals surface area contributed by atoms with Crippen molar-refractivity contribution >= 4 is 22.9 Å². The van der Waals surface area contributed by atoms with Crippen molar-refractivity contribution in [2.45, 2.75) is 26.7 Å². The van der Waals surface area contributed by atoms with Crippen LogP contribution < -0.4 is 14.9 Å². The van der Waals surface area contributed by atoms with Gasteiger partial charge in [0, 0.05) is 5.56 Å². The molecule has 1 N–H and O–H groups in total. The molecule has 5 nitrogen and oxygen atoms in total. The Labute approximate surface area is 171 Å². The van der Waals surface area contributed by atoms with Crippen molar-refractivity contribution < 1.29 is 14.3 Å². The average molecular weight is 390 g/mol. The number of benzene rings is 3. The van der Waals surface area contributed by atoms with Gasteiger partial charge >= 0.3 is 0 Å². The zero-order chi connectivity index (χ0) is 20.5. The van der Waals surface area contributed by atoms with E-state index < -0.39 is 0 Å². The first-order valence-corrected chi connectivity index (χ1v) is 9.93. The summed E-state index contributed by atoms with van der Waals surface area (Å²) in [6.07, 6.45) is 3.67. The molecule has 0 heterocycles. The molecule has 3 rings (SSSR count). The Morgan fingerprint density at radius 3 is 2.66 bits per heavy atom. The monoisotopic (exact) mass is 390 g/mol. The van der Waals surface area contributed by atoms with Crippen LogP contribution in [0.3, 0.4) is 0 Å². The highest BCUT2D eigenvalue weighted by Gasteiger charge is 2.09. The summed E-state index contributed by atoms with van der Waals surface area (Å²) >= 11 is 0.